The van der Waals surface area contributed by atoms with Crippen LogP contribution in [0.5, 0.6) is 0 Å². The van der Waals surface area contributed by atoms with Gasteiger partial charge in [0.15, 0.2) is 0 Å². The molecule has 1 aromatic rings. The predicted molar refractivity (Wildman–Crippen MR) is 58.7 cm³/mol. The smallest absolute Gasteiger partial charge is 0.0950 e. The van der Waals surface area contributed by atoms with Crippen molar-refractivity contribution in [3.63, 3.8) is 0 Å². The SMILES string of the molecule is CC(C)(CCO)Nc1ccc(Cl)s1. The summed E-state index contributed by atoms with van der Waals surface area (Å²) in [5.41, 5.74) is -0.0804. The molecule has 0 saturated heterocycles. The number of halogens is 1. The van der Waals surface area contributed by atoms with E-state index < -0.39 is 0 Å². The van der Waals surface area contributed by atoms with Gasteiger partial charge in [0.25, 0.3) is 0 Å². The van der Waals surface area contributed by atoms with E-state index in [4.69, 9.17) is 16.7 Å². The third-order valence-electron chi connectivity index (χ3n) is 1.77. The average Bonchev–Trinajstić information content (AvgIpc) is 2.34. The lowest BCUT2D eigenvalue weighted by atomic mass is 10.0. The highest BCUT2D eigenvalue weighted by Gasteiger charge is 2.16. The molecule has 0 aliphatic heterocycles. The highest BCUT2D eigenvalue weighted by molar-refractivity contribution is 7.19. The molecular formula is C9H14ClNOS. The number of anilines is 1. The molecule has 1 heterocycles. The van der Waals surface area contributed by atoms with Crippen molar-refractivity contribution < 1.29 is 5.11 Å². The molecule has 1 aromatic heterocycles. The van der Waals surface area contributed by atoms with Crippen LogP contribution in [0.2, 0.25) is 4.34 Å². The van der Waals surface area contributed by atoms with Crippen molar-refractivity contribution >= 4 is 27.9 Å². The van der Waals surface area contributed by atoms with Gasteiger partial charge in [-0.25, -0.2) is 0 Å². The summed E-state index contributed by atoms with van der Waals surface area (Å²) in [5, 5.41) is 13.2. The maximum absolute atomic E-state index is 8.82. The summed E-state index contributed by atoms with van der Waals surface area (Å²) in [6.07, 6.45) is 0.725. The molecule has 2 nitrogen and oxygen atoms in total. The lowest BCUT2D eigenvalue weighted by Gasteiger charge is -2.25. The number of thiophene rings is 1. The molecule has 0 aliphatic carbocycles. The summed E-state index contributed by atoms with van der Waals surface area (Å²) in [6, 6.07) is 3.82. The fourth-order valence-corrected chi connectivity index (χ4v) is 2.18. The summed E-state index contributed by atoms with van der Waals surface area (Å²) in [7, 11) is 0. The van der Waals surface area contributed by atoms with Gasteiger partial charge in [-0.05, 0) is 32.4 Å². The van der Waals surface area contributed by atoms with Crippen molar-refractivity contribution in [1.82, 2.24) is 0 Å². The van der Waals surface area contributed by atoms with E-state index in [0.717, 1.165) is 15.8 Å². The molecule has 13 heavy (non-hydrogen) atoms. The van der Waals surface area contributed by atoms with Crippen LogP contribution in [0.15, 0.2) is 12.1 Å². The molecule has 0 bridgehead atoms. The Balaban J connectivity index is 2.57. The van der Waals surface area contributed by atoms with E-state index in [9.17, 15) is 0 Å². The van der Waals surface area contributed by atoms with Crippen LogP contribution in [0, 0.1) is 0 Å². The minimum atomic E-state index is -0.0804. The van der Waals surface area contributed by atoms with Crippen LogP contribution in [-0.4, -0.2) is 17.3 Å². The minimum absolute atomic E-state index is 0.0804. The Labute approximate surface area is 87.5 Å². The van der Waals surface area contributed by atoms with Gasteiger partial charge >= 0.3 is 0 Å². The molecule has 0 atom stereocenters. The van der Waals surface area contributed by atoms with Crippen LogP contribution in [0.25, 0.3) is 0 Å². The van der Waals surface area contributed by atoms with E-state index in [1.165, 1.54) is 11.3 Å². The van der Waals surface area contributed by atoms with Gasteiger partial charge in [0.2, 0.25) is 0 Å². The Morgan fingerprint density at radius 2 is 2.23 bits per heavy atom. The van der Waals surface area contributed by atoms with Crippen molar-refractivity contribution in [1.29, 1.82) is 0 Å². The van der Waals surface area contributed by atoms with Crippen molar-refractivity contribution in [2.75, 3.05) is 11.9 Å². The summed E-state index contributed by atoms with van der Waals surface area (Å²) in [6.45, 7) is 4.30. The first kappa shape index (κ1) is 10.8. The van der Waals surface area contributed by atoms with E-state index in [0.29, 0.717) is 0 Å². The molecule has 4 heteroatoms. The van der Waals surface area contributed by atoms with Gasteiger partial charge in [-0.3, -0.25) is 0 Å². The third kappa shape index (κ3) is 3.55. The zero-order valence-corrected chi connectivity index (χ0v) is 9.37. The molecule has 0 saturated carbocycles. The molecule has 0 fully saturated rings. The van der Waals surface area contributed by atoms with Gasteiger partial charge in [-0.1, -0.05) is 11.6 Å². The number of hydrogen-bond acceptors (Lipinski definition) is 3. The topological polar surface area (TPSA) is 32.3 Å². The second kappa shape index (κ2) is 4.31. The van der Waals surface area contributed by atoms with Crippen LogP contribution in [0.1, 0.15) is 20.3 Å². The van der Waals surface area contributed by atoms with Crippen LogP contribution < -0.4 is 5.32 Å². The summed E-state index contributed by atoms with van der Waals surface area (Å²) < 4.78 is 0.780. The van der Waals surface area contributed by atoms with Crippen LogP contribution in [-0.2, 0) is 0 Å². The van der Waals surface area contributed by atoms with Gasteiger partial charge in [0, 0.05) is 12.1 Å². The molecule has 0 radical (unpaired) electrons. The van der Waals surface area contributed by atoms with Crippen molar-refractivity contribution in [3.05, 3.63) is 16.5 Å². The van der Waals surface area contributed by atoms with E-state index in [1.54, 1.807) is 0 Å². The molecule has 0 aliphatic rings. The van der Waals surface area contributed by atoms with E-state index in [1.807, 2.05) is 12.1 Å². The first-order valence-corrected chi connectivity index (χ1v) is 5.37. The molecule has 0 spiro atoms. The van der Waals surface area contributed by atoms with Crippen LogP contribution in [0.3, 0.4) is 0 Å². The van der Waals surface area contributed by atoms with Gasteiger partial charge < -0.3 is 10.4 Å². The first-order valence-electron chi connectivity index (χ1n) is 4.18. The Bertz CT molecular complexity index is 272. The highest BCUT2D eigenvalue weighted by atomic mass is 35.5. The number of hydrogen-bond donors (Lipinski definition) is 2. The maximum Gasteiger partial charge on any atom is 0.0950 e. The van der Waals surface area contributed by atoms with E-state index in [-0.39, 0.29) is 12.1 Å². The molecule has 2 N–H and O–H groups in total. The lowest BCUT2D eigenvalue weighted by molar-refractivity contribution is 0.261. The maximum atomic E-state index is 8.82. The van der Waals surface area contributed by atoms with Crippen molar-refractivity contribution in [2.45, 2.75) is 25.8 Å². The Morgan fingerprint density at radius 1 is 1.54 bits per heavy atom. The summed E-state index contributed by atoms with van der Waals surface area (Å²) in [5.74, 6) is 0. The standard InChI is InChI=1S/C9H14ClNOS/c1-9(2,5-6-12)11-8-4-3-7(10)13-8/h3-4,11-12H,5-6H2,1-2H3. The number of aliphatic hydroxyl groups excluding tert-OH is 1. The average molecular weight is 220 g/mol. The second-order valence-corrected chi connectivity index (χ2v) is 5.30. The zero-order chi connectivity index (χ0) is 9.90. The summed E-state index contributed by atoms with van der Waals surface area (Å²) >= 11 is 7.31. The normalized spacial score (nSPS) is 11.7. The predicted octanol–water partition coefficient (Wildman–Crippen LogP) is 2.97. The lowest BCUT2D eigenvalue weighted by Crippen LogP contribution is -2.31. The van der Waals surface area contributed by atoms with Gasteiger partial charge in [-0.15, -0.1) is 11.3 Å². The van der Waals surface area contributed by atoms with Crippen LogP contribution >= 0.6 is 22.9 Å². The van der Waals surface area contributed by atoms with E-state index in [2.05, 4.69) is 19.2 Å². The Kier molecular flexibility index (Phi) is 3.59. The highest BCUT2D eigenvalue weighted by Crippen LogP contribution is 2.29. The van der Waals surface area contributed by atoms with E-state index >= 15 is 0 Å². The number of rotatable bonds is 4. The molecule has 1 rings (SSSR count). The van der Waals surface area contributed by atoms with Crippen molar-refractivity contribution in [3.8, 4) is 0 Å². The molecule has 0 unspecified atom stereocenters. The fraction of sp³-hybridized carbons (Fsp3) is 0.556. The summed E-state index contributed by atoms with van der Waals surface area (Å²) in [4.78, 5) is 0. The first-order chi connectivity index (χ1) is 6.03. The third-order valence-corrected chi connectivity index (χ3v) is 2.92. The fourth-order valence-electron chi connectivity index (χ4n) is 1.06. The number of nitrogens with one attached hydrogen (secondary N) is 1. The van der Waals surface area contributed by atoms with Gasteiger partial charge in [0.1, 0.15) is 0 Å². The molecule has 0 aromatic carbocycles. The van der Waals surface area contributed by atoms with Gasteiger partial charge in [0.05, 0.1) is 9.34 Å². The monoisotopic (exact) mass is 219 g/mol. The largest absolute Gasteiger partial charge is 0.396 e. The van der Waals surface area contributed by atoms with Crippen molar-refractivity contribution in [2.24, 2.45) is 0 Å². The Hall–Kier alpha value is -0.250. The molecular weight excluding hydrogens is 206 g/mol. The molecule has 74 valence electrons. The molecule has 0 amide bonds. The Morgan fingerprint density at radius 3 is 2.69 bits per heavy atom. The quantitative estimate of drug-likeness (QED) is 0.816. The van der Waals surface area contributed by atoms with Gasteiger partial charge in [-0.2, -0.15) is 0 Å². The minimum Gasteiger partial charge on any atom is -0.396 e. The van der Waals surface area contributed by atoms with Crippen LogP contribution in [0.4, 0.5) is 5.00 Å². The zero-order valence-electron chi connectivity index (χ0n) is 7.80. The number of aliphatic hydroxyl groups is 1. The second-order valence-electron chi connectivity index (χ2n) is 3.59.